The number of rotatable bonds is 7. The van der Waals surface area contributed by atoms with Crippen molar-refractivity contribution in [1.82, 2.24) is 24.9 Å². The molecule has 1 aliphatic rings. The van der Waals surface area contributed by atoms with Crippen LogP contribution in [0, 0.1) is 5.82 Å². The number of hydrazone groups is 1. The number of benzene rings is 1. The summed E-state index contributed by atoms with van der Waals surface area (Å²) in [4.78, 5) is 29.9. The van der Waals surface area contributed by atoms with Crippen LogP contribution in [0.4, 0.5) is 10.1 Å². The minimum Gasteiger partial charge on any atom is -0.484 e. The highest BCUT2D eigenvalue weighted by atomic mass is 19.1. The van der Waals surface area contributed by atoms with Gasteiger partial charge in [0.25, 0.3) is 5.91 Å². The van der Waals surface area contributed by atoms with Crippen LogP contribution >= 0.6 is 0 Å². The third-order valence-electron chi connectivity index (χ3n) is 5.41. The summed E-state index contributed by atoms with van der Waals surface area (Å²) in [5.74, 6) is 9.94. The van der Waals surface area contributed by atoms with Crippen LogP contribution in [0.5, 0.6) is 5.75 Å². The second kappa shape index (κ2) is 10.1. The van der Waals surface area contributed by atoms with Gasteiger partial charge in [-0.25, -0.2) is 10.2 Å². The molecule has 2 aromatic heterocycles. The third-order valence-corrected chi connectivity index (χ3v) is 5.41. The van der Waals surface area contributed by atoms with Crippen LogP contribution in [-0.2, 0) is 6.61 Å². The topological polar surface area (TPSA) is 161 Å². The van der Waals surface area contributed by atoms with E-state index < -0.39 is 5.82 Å². The van der Waals surface area contributed by atoms with Crippen molar-refractivity contribution >= 4 is 17.9 Å². The van der Waals surface area contributed by atoms with Gasteiger partial charge in [-0.3, -0.25) is 14.6 Å². The zero-order valence-corrected chi connectivity index (χ0v) is 18.2. The molecule has 1 aliphatic heterocycles. The Morgan fingerprint density at radius 2 is 2.12 bits per heavy atom. The normalized spacial score (nSPS) is 14.5. The molecule has 1 fully saturated rings. The first-order chi connectivity index (χ1) is 16.4. The Morgan fingerprint density at radius 1 is 1.32 bits per heavy atom. The van der Waals surface area contributed by atoms with Gasteiger partial charge in [0.15, 0.2) is 11.6 Å². The van der Waals surface area contributed by atoms with Crippen molar-refractivity contribution in [3.8, 4) is 5.75 Å². The number of amides is 1. The van der Waals surface area contributed by atoms with Crippen LogP contribution in [0.25, 0.3) is 0 Å². The second-order valence-corrected chi connectivity index (χ2v) is 7.68. The zero-order valence-electron chi connectivity index (χ0n) is 18.2. The van der Waals surface area contributed by atoms with Crippen LogP contribution in [0.15, 0.2) is 52.5 Å². The molecule has 13 heteroatoms. The second-order valence-electron chi connectivity index (χ2n) is 7.68. The SMILES string of the molecule is N/N=C\N(N)c1ccc(OCc2cnn(C3CCN(C(=O)c4cccc(=O)[nH]4)CC3)n2)c(F)c1. The van der Waals surface area contributed by atoms with Gasteiger partial charge in [-0.15, -0.1) is 0 Å². The summed E-state index contributed by atoms with van der Waals surface area (Å²) >= 11 is 0. The molecule has 12 nitrogen and oxygen atoms in total. The van der Waals surface area contributed by atoms with E-state index in [0.29, 0.717) is 37.3 Å². The molecule has 4 rings (SSSR count). The molecular formula is C21H24FN9O3. The predicted molar refractivity (Wildman–Crippen MR) is 121 cm³/mol. The summed E-state index contributed by atoms with van der Waals surface area (Å²) in [6.45, 7) is 1.06. The number of likely N-dealkylation sites (tertiary alicyclic amines) is 1. The smallest absolute Gasteiger partial charge is 0.270 e. The van der Waals surface area contributed by atoms with Gasteiger partial charge in [0.1, 0.15) is 24.3 Å². The molecular weight excluding hydrogens is 445 g/mol. The first-order valence-electron chi connectivity index (χ1n) is 10.5. The fourth-order valence-corrected chi connectivity index (χ4v) is 3.65. The number of H-pyrrole nitrogens is 1. The summed E-state index contributed by atoms with van der Waals surface area (Å²) in [6.07, 6.45) is 4.04. The number of nitrogens with one attached hydrogen (secondary N) is 1. The lowest BCUT2D eigenvalue weighted by Crippen LogP contribution is -2.40. The van der Waals surface area contributed by atoms with Gasteiger partial charge < -0.3 is 20.5 Å². The van der Waals surface area contributed by atoms with Crippen molar-refractivity contribution in [2.45, 2.75) is 25.5 Å². The lowest BCUT2D eigenvalue weighted by atomic mass is 10.1. The van der Waals surface area contributed by atoms with Gasteiger partial charge in [0.05, 0.1) is 17.9 Å². The number of piperidine rings is 1. The van der Waals surface area contributed by atoms with Crippen molar-refractivity contribution in [3.63, 3.8) is 0 Å². The number of hydrogen-bond donors (Lipinski definition) is 3. The highest BCUT2D eigenvalue weighted by Crippen LogP contribution is 2.24. The molecule has 5 N–H and O–H groups in total. The van der Waals surface area contributed by atoms with Gasteiger partial charge in [0, 0.05) is 25.2 Å². The molecule has 34 heavy (non-hydrogen) atoms. The Hall–Kier alpha value is -4.26. The molecule has 0 aliphatic carbocycles. The zero-order chi connectivity index (χ0) is 24.1. The number of ether oxygens (including phenoxy) is 1. The molecule has 0 radical (unpaired) electrons. The van der Waals surface area contributed by atoms with Crippen LogP contribution in [0.1, 0.15) is 35.1 Å². The Labute approximate surface area is 193 Å². The molecule has 3 aromatic rings. The van der Waals surface area contributed by atoms with Crippen molar-refractivity contribution < 1.29 is 13.9 Å². The third kappa shape index (κ3) is 5.20. The van der Waals surface area contributed by atoms with E-state index in [1.165, 1.54) is 18.2 Å². The maximum absolute atomic E-state index is 14.3. The number of carbonyl (C=O) groups excluding carboxylic acids is 1. The van der Waals surface area contributed by atoms with E-state index in [-0.39, 0.29) is 35.6 Å². The molecule has 0 atom stereocenters. The van der Waals surface area contributed by atoms with Crippen molar-refractivity contribution in [2.75, 3.05) is 18.1 Å². The van der Waals surface area contributed by atoms with Crippen molar-refractivity contribution in [1.29, 1.82) is 0 Å². The van der Waals surface area contributed by atoms with Gasteiger partial charge in [0.2, 0.25) is 5.56 Å². The average Bonchev–Trinajstić information content (AvgIpc) is 3.32. The number of halogens is 1. The maximum atomic E-state index is 14.3. The summed E-state index contributed by atoms with van der Waals surface area (Å²) in [7, 11) is 0. The number of hydrogen-bond acceptors (Lipinski definition) is 8. The summed E-state index contributed by atoms with van der Waals surface area (Å²) in [5, 5.41) is 13.1. The number of nitrogens with zero attached hydrogens (tertiary/aromatic N) is 6. The van der Waals surface area contributed by atoms with E-state index in [2.05, 4.69) is 20.3 Å². The highest BCUT2D eigenvalue weighted by molar-refractivity contribution is 5.92. The average molecular weight is 469 g/mol. The molecule has 1 saturated heterocycles. The van der Waals surface area contributed by atoms with Crippen LogP contribution < -0.4 is 27.0 Å². The number of anilines is 1. The standard InChI is InChI=1S/C21H24FN9O3/c22-17-10-16(30(24)13-25-23)4-5-19(17)34-12-14-11-26-31(28-14)15-6-8-29(9-7-15)21(33)18-2-1-3-20(32)27-18/h1-5,10-11,13,15H,6-9,12,23-24H2,(H,27,32)/b25-13-. The van der Waals surface area contributed by atoms with E-state index in [4.69, 9.17) is 16.4 Å². The highest BCUT2D eigenvalue weighted by Gasteiger charge is 2.26. The number of aromatic amines is 1. The fraction of sp³-hybridized carbons (Fsp3) is 0.286. The van der Waals surface area contributed by atoms with Crippen molar-refractivity contribution in [3.05, 3.63) is 70.2 Å². The van der Waals surface area contributed by atoms with Crippen molar-refractivity contribution in [2.24, 2.45) is 16.8 Å². The number of aromatic nitrogens is 4. The molecule has 0 saturated carbocycles. The molecule has 3 heterocycles. The van der Waals surface area contributed by atoms with Gasteiger partial charge in [-0.2, -0.15) is 20.1 Å². The van der Waals surface area contributed by atoms with Crippen LogP contribution in [0.2, 0.25) is 0 Å². The monoisotopic (exact) mass is 469 g/mol. The summed E-state index contributed by atoms with van der Waals surface area (Å²) < 4.78 is 19.9. The van der Waals surface area contributed by atoms with E-state index in [1.807, 2.05) is 0 Å². The van der Waals surface area contributed by atoms with Gasteiger partial charge in [-0.1, -0.05) is 6.07 Å². The first-order valence-corrected chi connectivity index (χ1v) is 10.5. The number of pyridine rings is 1. The van der Waals surface area contributed by atoms with Gasteiger partial charge in [-0.05, 0) is 31.0 Å². The number of carbonyl (C=O) groups is 1. The molecule has 178 valence electrons. The van der Waals surface area contributed by atoms with Crippen LogP contribution in [0.3, 0.4) is 0 Å². The summed E-state index contributed by atoms with van der Waals surface area (Å²) in [5.41, 5.74) is 0.858. The lowest BCUT2D eigenvalue weighted by molar-refractivity contribution is 0.0677. The predicted octanol–water partition coefficient (Wildman–Crippen LogP) is 0.744. The summed E-state index contributed by atoms with van der Waals surface area (Å²) in [6, 6.07) is 8.75. The minimum atomic E-state index is -0.595. The Bertz CT molecular complexity index is 1230. The van der Waals surface area contributed by atoms with Gasteiger partial charge >= 0.3 is 0 Å². The number of hydrazine groups is 1. The maximum Gasteiger partial charge on any atom is 0.270 e. The molecule has 1 aromatic carbocycles. The fourth-order valence-electron chi connectivity index (χ4n) is 3.65. The largest absolute Gasteiger partial charge is 0.484 e. The Morgan fingerprint density at radius 3 is 2.82 bits per heavy atom. The van der Waals surface area contributed by atoms with E-state index >= 15 is 0 Å². The molecule has 0 spiro atoms. The molecule has 0 unspecified atom stereocenters. The van der Waals surface area contributed by atoms with Crippen LogP contribution in [-0.4, -0.2) is 50.2 Å². The molecule has 0 bridgehead atoms. The van der Waals surface area contributed by atoms with E-state index in [1.54, 1.807) is 34.1 Å². The minimum absolute atomic E-state index is 0.0170. The Kier molecular flexibility index (Phi) is 6.82. The molecule has 1 amide bonds. The lowest BCUT2D eigenvalue weighted by Gasteiger charge is -2.31. The van der Waals surface area contributed by atoms with E-state index in [0.717, 1.165) is 11.3 Å². The van der Waals surface area contributed by atoms with E-state index in [9.17, 15) is 14.0 Å². The quantitative estimate of drug-likeness (QED) is 0.198. The Balaban J connectivity index is 1.31. The number of nitrogens with two attached hydrogens (primary N) is 2. The first kappa shape index (κ1) is 22.9.